The number of pyridine rings is 1. The summed E-state index contributed by atoms with van der Waals surface area (Å²) >= 11 is 6.47. The second kappa shape index (κ2) is 7.80. The van der Waals surface area contributed by atoms with Gasteiger partial charge in [-0.1, -0.05) is 41.4 Å². The zero-order valence-corrected chi connectivity index (χ0v) is 16.9. The van der Waals surface area contributed by atoms with Crippen LogP contribution in [0, 0.1) is 12.8 Å². The predicted molar refractivity (Wildman–Crippen MR) is 111 cm³/mol. The summed E-state index contributed by atoms with van der Waals surface area (Å²) in [6, 6.07) is 16.0. The van der Waals surface area contributed by atoms with Gasteiger partial charge in [-0.05, 0) is 49.6 Å². The summed E-state index contributed by atoms with van der Waals surface area (Å²) in [7, 11) is 1.64. The van der Waals surface area contributed by atoms with Crippen molar-refractivity contribution < 1.29 is 9.53 Å². The highest BCUT2D eigenvalue weighted by Gasteiger charge is 2.33. The van der Waals surface area contributed by atoms with E-state index in [9.17, 15) is 4.79 Å². The summed E-state index contributed by atoms with van der Waals surface area (Å²) in [4.78, 5) is 19.3. The second-order valence-corrected chi connectivity index (χ2v) is 7.81. The number of nitrogens with zero attached hydrogens (tertiary/aromatic N) is 2. The summed E-state index contributed by atoms with van der Waals surface area (Å²) in [6.07, 6.45) is 1.95. The van der Waals surface area contributed by atoms with Gasteiger partial charge >= 0.3 is 0 Å². The fourth-order valence-electron chi connectivity index (χ4n) is 3.45. The van der Waals surface area contributed by atoms with Crippen LogP contribution in [0.4, 0.5) is 0 Å². The van der Waals surface area contributed by atoms with Gasteiger partial charge in [-0.2, -0.15) is 0 Å². The first-order valence-corrected chi connectivity index (χ1v) is 9.89. The van der Waals surface area contributed by atoms with Gasteiger partial charge in [0.25, 0.3) is 0 Å². The molecule has 144 valence electrons. The van der Waals surface area contributed by atoms with Crippen LogP contribution in [0.3, 0.4) is 0 Å². The fraction of sp³-hybridized carbons (Fsp3) is 0.304. The minimum absolute atomic E-state index is 0.150. The highest BCUT2D eigenvalue weighted by molar-refractivity contribution is 6.30. The van der Waals surface area contributed by atoms with Crippen molar-refractivity contribution in [3.8, 4) is 5.75 Å². The van der Waals surface area contributed by atoms with Crippen molar-refractivity contribution in [1.29, 1.82) is 0 Å². The lowest BCUT2D eigenvalue weighted by Gasteiger charge is -2.24. The van der Waals surface area contributed by atoms with Gasteiger partial charge in [0.15, 0.2) is 0 Å². The first-order valence-electron chi connectivity index (χ1n) is 9.51. The molecule has 0 saturated heterocycles. The lowest BCUT2D eigenvalue weighted by Crippen LogP contribution is -2.31. The number of fused-ring (bicyclic) bond motifs is 1. The molecule has 1 heterocycles. The number of rotatable bonds is 6. The maximum atomic E-state index is 12.9. The van der Waals surface area contributed by atoms with E-state index in [1.165, 1.54) is 5.56 Å². The van der Waals surface area contributed by atoms with Gasteiger partial charge in [-0.25, -0.2) is 4.98 Å². The Morgan fingerprint density at radius 1 is 1.18 bits per heavy atom. The molecule has 4 nitrogen and oxygen atoms in total. The van der Waals surface area contributed by atoms with Gasteiger partial charge in [-0.15, -0.1) is 0 Å². The van der Waals surface area contributed by atoms with Crippen molar-refractivity contribution in [1.82, 2.24) is 9.88 Å². The molecule has 0 unspecified atom stereocenters. The Bertz CT molecular complexity index is 1030. The van der Waals surface area contributed by atoms with Crippen LogP contribution in [0.5, 0.6) is 5.75 Å². The predicted octanol–water partition coefficient (Wildman–Crippen LogP) is 5.14. The molecule has 1 aliphatic rings. The smallest absolute Gasteiger partial charge is 0.226 e. The maximum Gasteiger partial charge on any atom is 0.226 e. The van der Waals surface area contributed by atoms with Crippen LogP contribution in [0.15, 0.2) is 48.5 Å². The topological polar surface area (TPSA) is 42.4 Å². The summed E-state index contributed by atoms with van der Waals surface area (Å²) in [6.45, 7) is 3.08. The number of amides is 1. The SMILES string of the molecule is COc1ccc2nc(Cl)c(CN(Cc3cccc(C)c3)C(=O)C3CC3)cc2c1. The molecule has 0 radical (unpaired) electrons. The zero-order valence-electron chi connectivity index (χ0n) is 16.1. The fourth-order valence-corrected chi connectivity index (χ4v) is 3.65. The molecule has 1 aromatic heterocycles. The number of methoxy groups -OCH3 is 1. The van der Waals surface area contributed by atoms with Gasteiger partial charge in [0, 0.05) is 30.0 Å². The zero-order chi connectivity index (χ0) is 19.7. The second-order valence-electron chi connectivity index (χ2n) is 7.45. The monoisotopic (exact) mass is 394 g/mol. The number of hydrogen-bond donors (Lipinski definition) is 0. The van der Waals surface area contributed by atoms with Crippen LogP contribution >= 0.6 is 11.6 Å². The van der Waals surface area contributed by atoms with E-state index in [2.05, 4.69) is 30.1 Å². The Kier molecular flexibility index (Phi) is 5.23. The van der Waals surface area contributed by atoms with Gasteiger partial charge in [-0.3, -0.25) is 4.79 Å². The third-order valence-electron chi connectivity index (χ3n) is 5.10. The van der Waals surface area contributed by atoms with Crippen LogP contribution in [0.25, 0.3) is 10.9 Å². The van der Waals surface area contributed by atoms with E-state index in [0.717, 1.165) is 40.6 Å². The van der Waals surface area contributed by atoms with Crippen molar-refractivity contribution >= 4 is 28.4 Å². The molecule has 1 saturated carbocycles. The molecule has 0 N–H and O–H groups in total. The molecule has 0 spiro atoms. The first kappa shape index (κ1) is 18.8. The number of benzene rings is 2. The van der Waals surface area contributed by atoms with Crippen LogP contribution in [-0.2, 0) is 17.9 Å². The standard InChI is InChI=1S/C23H23ClN2O2/c1-15-4-3-5-16(10-15)13-26(23(27)17-6-7-17)14-19-11-18-12-20(28-2)8-9-21(18)25-22(19)24/h3-5,8-12,17H,6-7,13-14H2,1-2H3. The van der Waals surface area contributed by atoms with Gasteiger partial charge in [0.05, 0.1) is 12.6 Å². The summed E-state index contributed by atoms with van der Waals surface area (Å²) < 4.78 is 5.32. The maximum absolute atomic E-state index is 12.9. The molecule has 1 aliphatic carbocycles. The Morgan fingerprint density at radius 3 is 2.71 bits per heavy atom. The van der Waals surface area contributed by atoms with E-state index < -0.39 is 0 Å². The van der Waals surface area contributed by atoms with E-state index in [0.29, 0.717) is 18.2 Å². The number of hydrogen-bond acceptors (Lipinski definition) is 3. The molecule has 0 aliphatic heterocycles. The number of aromatic nitrogens is 1. The molecule has 28 heavy (non-hydrogen) atoms. The number of halogens is 1. The van der Waals surface area contributed by atoms with Crippen molar-refractivity contribution in [3.63, 3.8) is 0 Å². The van der Waals surface area contributed by atoms with Gasteiger partial charge < -0.3 is 9.64 Å². The third kappa shape index (κ3) is 4.12. The lowest BCUT2D eigenvalue weighted by atomic mass is 10.1. The van der Waals surface area contributed by atoms with Crippen molar-refractivity contribution in [2.24, 2.45) is 5.92 Å². The average molecular weight is 395 g/mol. The lowest BCUT2D eigenvalue weighted by molar-refractivity contribution is -0.133. The number of ether oxygens (including phenoxy) is 1. The average Bonchev–Trinajstić information content (AvgIpc) is 3.52. The van der Waals surface area contributed by atoms with Crippen LogP contribution in [-0.4, -0.2) is 22.9 Å². The molecule has 1 fully saturated rings. The van der Waals surface area contributed by atoms with Crippen molar-refractivity contribution in [2.75, 3.05) is 7.11 Å². The minimum atomic E-state index is 0.150. The number of carbonyl (C=O) groups excluding carboxylic acids is 1. The molecule has 0 atom stereocenters. The Balaban J connectivity index is 1.65. The van der Waals surface area contributed by atoms with Crippen LogP contribution in [0.1, 0.15) is 29.5 Å². The highest BCUT2D eigenvalue weighted by Crippen LogP contribution is 2.33. The number of carbonyl (C=O) groups is 1. The van der Waals surface area contributed by atoms with E-state index in [-0.39, 0.29) is 11.8 Å². The highest BCUT2D eigenvalue weighted by atomic mass is 35.5. The molecule has 2 aromatic carbocycles. The molecular weight excluding hydrogens is 372 g/mol. The third-order valence-corrected chi connectivity index (χ3v) is 5.43. The Morgan fingerprint density at radius 2 is 2.00 bits per heavy atom. The Labute approximate surface area is 170 Å². The van der Waals surface area contributed by atoms with E-state index in [1.807, 2.05) is 35.2 Å². The van der Waals surface area contributed by atoms with Gasteiger partial charge in [0.1, 0.15) is 10.9 Å². The number of aryl methyl sites for hydroxylation is 1. The molecule has 1 amide bonds. The quantitative estimate of drug-likeness (QED) is 0.543. The van der Waals surface area contributed by atoms with E-state index >= 15 is 0 Å². The molecule has 0 bridgehead atoms. The normalized spacial score (nSPS) is 13.5. The van der Waals surface area contributed by atoms with Crippen LogP contribution < -0.4 is 4.74 Å². The minimum Gasteiger partial charge on any atom is -0.497 e. The molecular formula is C23H23ClN2O2. The summed E-state index contributed by atoms with van der Waals surface area (Å²) in [5, 5.41) is 1.39. The van der Waals surface area contributed by atoms with Crippen LogP contribution in [0.2, 0.25) is 5.15 Å². The first-order chi connectivity index (χ1) is 13.5. The molecule has 4 rings (SSSR count). The summed E-state index contributed by atoms with van der Waals surface area (Å²) in [5.41, 5.74) is 3.98. The van der Waals surface area contributed by atoms with Gasteiger partial charge in [0.2, 0.25) is 5.91 Å². The molecule has 5 heteroatoms. The van der Waals surface area contributed by atoms with Crippen molar-refractivity contribution in [2.45, 2.75) is 32.9 Å². The van der Waals surface area contributed by atoms with E-state index in [1.54, 1.807) is 7.11 Å². The molecule has 3 aromatic rings. The van der Waals surface area contributed by atoms with Crippen molar-refractivity contribution in [3.05, 3.63) is 70.4 Å². The largest absolute Gasteiger partial charge is 0.497 e. The Hall–Kier alpha value is -2.59. The summed E-state index contributed by atoms with van der Waals surface area (Å²) in [5.74, 6) is 1.12. The van der Waals surface area contributed by atoms with E-state index in [4.69, 9.17) is 16.3 Å².